The van der Waals surface area contributed by atoms with Crippen LogP contribution < -0.4 is 10.2 Å². The van der Waals surface area contributed by atoms with E-state index >= 15 is 0 Å². The van der Waals surface area contributed by atoms with Crippen molar-refractivity contribution in [1.82, 2.24) is 30.0 Å². The summed E-state index contributed by atoms with van der Waals surface area (Å²) < 4.78 is 1.84. The van der Waals surface area contributed by atoms with Crippen LogP contribution in [0.2, 0.25) is 10.0 Å². The number of rotatable bonds is 4. The third-order valence-corrected chi connectivity index (χ3v) is 7.16. The second-order valence-electron chi connectivity index (χ2n) is 8.68. The molecule has 4 heterocycles. The summed E-state index contributed by atoms with van der Waals surface area (Å²) in [5.74, 6) is 1.02. The van der Waals surface area contributed by atoms with Gasteiger partial charge in [-0.2, -0.15) is 5.10 Å². The van der Waals surface area contributed by atoms with Crippen molar-refractivity contribution < 1.29 is 4.79 Å². The first-order valence-corrected chi connectivity index (χ1v) is 12.2. The molecule has 2 fully saturated rings. The fraction of sp³-hybridized carbons (Fsp3) is 0.478. The predicted molar refractivity (Wildman–Crippen MR) is 130 cm³/mol. The van der Waals surface area contributed by atoms with Crippen molar-refractivity contribution in [3.8, 4) is 0 Å². The number of anilines is 1. The molecule has 5 rings (SSSR count). The van der Waals surface area contributed by atoms with Gasteiger partial charge in [-0.05, 0) is 44.0 Å². The molecule has 2 atom stereocenters. The maximum absolute atomic E-state index is 12.8. The Morgan fingerprint density at radius 1 is 1.15 bits per heavy atom. The summed E-state index contributed by atoms with van der Waals surface area (Å²) in [7, 11) is 0. The summed E-state index contributed by atoms with van der Waals surface area (Å²) in [5.41, 5.74) is 2.35. The zero-order valence-corrected chi connectivity index (χ0v) is 20.1. The van der Waals surface area contributed by atoms with Crippen LogP contribution in [0.3, 0.4) is 0 Å². The van der Waals surface area contributed by atoms with Crippen LogP contribution in [0.25, 0.3) is 11.2 Å². The van der Waals surface area contributed by atoms with Crippen LogP contribution in [0, 0.1) is 0 Å². The van der Waals surface area contributed by atoms with Gasteiger partial charge in [-0.15, -0.1) is 0 Å². The van der Waals surface area contributed by atoms with E-state index in [0.29, 0.717) is 28.8 Å². The number of carbonyl (C=O) groups is 1. The van der Waals surface area contributed by atoms with E-state index in [0.717, 1.165) is 55.8 Å². The minimum absolute atomic E-state index is 0.0306. The molecular weight excluding hydrogens is 461 g/mol. The highest BCUT2D eigenvalue weighted by molar-refractivity contribution is 6.35. The fourth-order valence-corrected chi connectivity index (χ4v) is 5.22. The molecule has 1 aromatic carbocycles. The van der Waals surface area contributed by atoms with Gasteiger partial charge in [-0.1, -0.05) is 35.7 Å². The molecule has 2 aliphatic rings. The van der Waals surface area contributed by atoms with Gasteiger partial charge in [0.2, 0.25) is 5.91 Å². The maximum Gasteiger partial charge on any atom is 0.239 e. The molecule has 1 N–H and O–H groups in total. The molecule has 0 radical (unpaired) electrons. The molecule has 174 valence electrons. The van der Waals surface area contributed by atoms with Gasteiger partial charge in [0.15, 0.2) is 5.65 Å². The number of piperidine rings is 1. The van der Waals surface area contributed by atoms with Crippen molar-refractivity contribution in [1.29, 1.82) is 0 Å². The Balaban J connectivity index is 1.32. The molecule has 10 heteroatoms. The molecule has 3 aromatic rings. The molecule has 0 bridgehead atoms. The maximum atomic E-state index is 12.8. The minimum atomic E-state index is -0.130. The standard InChI is InChI=1S/C23H27Cl2N7O/c1-15(17-6-5-16(24)12-18(17)25)32-22-20(13-28-32)27-14-21(29-22)30-8-10-31(11-9-30)23(33)19-4-2-3-7-26-19/h5-6,12-15,19,26H,2-4,7-11H2,1H3. The number of piperazine rings is 1. The third kappa shape index (κ3) is 4.52. The van der Waals surface area contributed by atoms with E-state index in [2.05, 4.69) is 20.3 Å². The van der Waals surface area contributed by atoms with Crippen molar-refractivity contribution in [2.45, 2.75) is 38.3 Å². The molecule has 0 aliphatic carbocycles. The van der Waals surface area contributed by atoms with E-state index in [4.69, 9.17) is 28.2 Å². The third-order valence-electron chi connectivity index (χ3n) is 6.59. The molecule has 2 aromatic heterocycles. The van der Waals surface area contributed by atoms with Gasteiger partial charge in [0.1, 0.15) is 11.3 Å². The molecule has 0 spiro atoms. The largest absolute Gasteiger partial charge is 0.352 e. The second kappa shape index (κ2) is 9.44. The Labute approximate surface area is 202 Å². The number of carbonyl (C=O) groups excluding carboxylic acids is 1. The number of benzene rings is 1. The molecule has 2 aliphatic heterocycles. The number of amides is 1. The average Bonchev–Trinajstić information content (AvgIpc) is 3.27. The lowest BCUT2D eigenvalue weighted by Gasteiger charge is -2.37. The van der Waals surface area contributed by atoms with Crippen LogP contribution >= 0.6 is 23.2 Å². The van der Waals surface area contributed by atoms with E-state index < -0.39 is 0 Å². The first-order valence-electron chi connectivity index (χ1n) is 11.4. The SMILES string of the molecule is CC(c1ccc(Cl)cc1Cl)n1ncc2ncc(N3CCN(C(=O)C4CCCCN4)CC3)nc21. The first kappa shape index (κ1) is 22.4. The number of halogens is 2. The van der Waals surface area contributed by atoms with Crippen LogP contribution in [-0.4, -0.2) is 69.3 Å². The van der Waals surface area contributed by atoms with Crippen LogP contribution in [-0.2, 0) is 4.79 Å². The molecule has 0 saturated carbocycles. The van der Waals surface area contributed by atoms with Crippen molar-refractivity contribution in [3.63, 3.8) is 0 Å². The fourth-order valence-electron chi connectivity index (χ4n) is 4.66. The van der Waals surface area contributed by atoms with Crippen LogP contribution in [0.1, 0.15) is 37.8 Å². The Morgan fingerprint density at radius 3 is 2.70 bits per heavy atom. The minimum Gasteiger partial charge on any atom is -0.352 e. The molecule has 8 nitrogen and oxygen atoms in total. The summed E-state index contributed by atoms with van der Waals surface area (Å²) in [5, 5.41) is 9.08. The molecule has 33 heavy (non-hydrogen) atoms. The first-order chi connectivity index (χ1) is 16.0. The zero-order chi connectivity index (χ0) is 22.9. The van der Waals surface area contributed by atoms with Gasteiger partial charge in [-0.3, -0.25) is 4.79 Å². The van der Waals surface area contributed by atoms with Gasteiger partial charge >= 0.3 is 0 Å². The van der Waals surface area contributed by atoms with Crippen LogP contribution in [0.15, 0.2) is 30.6 Å². The average molecular weight is 488 g/mol. The number of hydrogen-bond donors (Lipinski definition) is 1. The Kier molecular flexibility index (Phi) is 6.40. The van der Waals surface area contributed by atoms with Gasteiger partial charge in [0.05, 0.1) is 24.5 Å². The Hall–Kier alpha value is -2.42. The van der Waals surface area contributed by atoms with E-state index in [1.807, 2.05) is 28.6 Å². The highest BCUT2D eigenvalue weighted by Crippen LogP contribution is 2.30. The monoisotopic (exact) mass is 487 g/mol. The highest BCUT2D eigenvalue weighted by Gasteiger charge is 2.29. The van der Waals surface area contributed by atoms with Crippen molar-refractivity contribution in [3.05, 3.63) is 46.2 Å². The normalized spacial score (nSPS) is 20.3. The molecule has 2 saturated heterocycles. The van der Waals surface area contributed by atoms with E-state index in [9.17, 15) is 4.79 Å². The quantitative estimate of drug-likeness (QED) is 0.606. The van der Waals surface area contributed by atoms with Crippen molar-refractivity contribution in [2.24, 2.45) is 0 Å². The lowest BCUT2D eigenvalue weighted by atomic mass is 10.0. The van der Waals surface area contributed by atoms with Crippen LogP contribution in [0.5, 0.6) is 0 Å². The number of hydrogen-bond acceptors (Lipinski definition) is 6. The van der Waals surface area contributed by atoms with Crippen molar-refractivity contribution >= 4 is 46.1 Å². The van der Waals surface area contributed by atoms with Crippen molar-refractivity contribution in [2.75, 3.05) is 37.6 Å². The summed E-state index contributed by atoms with van der Waals surface area (Å²) in [6.07, 6.45) is 6.71. The van der Waals surface area contributed by atoms with Gasteiger partial charge < -0.3 is 15.1 Å². The smallest absolute Gasteiger partial charge is 0.239 e. The highest BCUT2D eigenvalue weighted by atomic mass is 35.5. The van der Waals surface area contributed by atoms with E-state index in [1.165, 1.54) is 0 Å². The van der Waals surface area contributed by atoms with Crippen LogP contribution in [0.4, 0.5) is 5.82 Å². The number of fused-ring (bicyclic) bond motifs is 1. The van der Waals surface area contributed by atoms with E-state index in [1.54, 1.807) is 18.5 Å². The number of nitrogens with zero attached hydrogens (tertiary/aromatic N) is 6. The molecule has 2 unspecified atom stereocenters. The number of aromatic nitrogens is 4. The zero-order valence-electron chi connectivity index (χ0n) is 18.5. The summed E-state index contributed by atoms with van der Waals surface area (Å²) in [6, 6.07) is 5.32. The summed E-state index contributed by atoms with van der Waals surface area (Å²) >= 11 is 12.5. The summed E-state index contributed by atoms with van der Waals surface area (Å²) in [6.45, 7) is 5.79. The van der Waals surface area contributed by atoms with Gasteiger partial charge in [0, 0.05) is 36.2 Å². The predicted octanol–water partition coefficient (Wildman–Crippen LogP) is 3.53. The Bertz CT molecular complexity index is 1150. The molecule has 1 amide bonds. The van der Waals surface area contributed by atoms with Gasteiger partial charge in [0.25, 0.3) is 0 Å². The number of nitrogens with one attached hydrogen (secondary N) is 1. The van der Waals surface area contributed by atoms with E-state index in [-0.39, 0.29) is 18.0 Å². The van der Waals surface area contributed by atoms with Gasteiger partial charge in [-0.25, -0.2) is 14.6 Å². The lowest BCUT2D eigenvalue weighted by Crippen LogP contribution is -2.55. The lowest BCUT2D eigenvalue weighted by molar-refractivity contribution is -0.134. The topological polar surface area (TPSA) is 79.2 Å². The second-order valence-corrected chi connectivity index (χ2v) is 9.53. The molecular formula is C23H27Cl2N7O. The summed E-state index contributed by atoms with van der Waals surface area (Å²) in [4.78, 5) is 26.5. The Morgan fingerprint density at radius 2 is 1.97 bits per heavy atom.